The van der Waals surface area contributed by atoms with Crippen LogP contribution in [0.15, 0.2) is 42.7 Å². The van der Waals surface area contributed by atoms with Gasteiger partial charge in [-0.2, -0.15) is 0 Å². The summed E-state index contributed by atoms with van der Waals surface area (Å²) in [6.45, 7) is 0. The topological polar surface area (TPSA) is 69.6 Å². The van der Waals surface area contributed by atoms with Crippen LogP contribution in [0.25, 0.3) is 10.9 Å². The first-order chi connectivity index (χ1) is 8.77. The van der Waals surface area contributed by atoms with Crippen LogP contribution in [-0.4, -0.2) is 20.0 Å². The van der Waals surface area contributed by atoms with Crippen LogP contribution in [-0.2, 0) is 7.05 Å². The molecule has 18 heavy (non-hydrogen) atoms. The number of aromatic nitrogens is 4. The van der Waals surface area contributed by atoms with E-state index in [9.17, 15) is 0 Å². The van der Waals surface area contributed by atoms with Gasteiger partial charge in [0.15, 0.2) is 0 Å². The van der Waals surface area contributed by atoms with Crippen molar-refractivity contribution in [3.05, 3.63) is 54.0 Å². The van der Waals surface area contributed by atoms with Crippen molar-refractivity contribution < 1.29 is 0 Å². The molecule has 2 aromatic heterocycles. The molecule has 0 fully saturated rings. The minimum Gasteiger partial charge on any atom is -0.319 e. The Morgan fingerprint density at radius 1 is 1.22 bits per heavy atom. The Bertz CT molecular complexity index is 683. The highest BCUT2D eigenvalue weighted by molar-refractivity contribution is 5.82. The number of fused-ring (bicyclic) bond motifs is 1. The Hall–Kier alpha value is -2.27. The molecule has 3 aromatic rings. The first-order valence-electron chi connectivity index (χ1n) is 5.71. The fourth-order valence-electron chi connectivity index (χ4n) is 2.13. The van der Waals surface area contributed by atoms with Gasteiger partial charge >= 0.3 is 0 Å². The van der Waals surface area contributed by atoms with Crippen molar-refractivity contribution in [2.45, 2.75) is 6.04 Å². The highest BCUT2D eigenvalue weighted by Gasteiger charge is 2.15. The minimum atomic E-state index is -0.252. The first kappa shape index (κ1) is 10.9. The lowest BCUT2D eigenvalue weighted by molar-refractivity contribution is 0.652. The highest BCUT2D eigenvalue weighted by Crippen LogP contribution is 2.25. The number of benzene rings is 1. The normalized spacial score (nSPS) is 12.8. The van der Waals surface area contributed by atoms with E-state index in [1.54, 1.807) is 17.1 Å². The maximum absolute atomic E-state index is 6.30. The summed E-state index contributed by atoms with van der Waals surface area (Å²) in [6, 6.07) is 9.66. The molecule has 5 heteroatoms. The van der Waals surface area contributed by atoms with Crippen LogP contribution in [0.1, 0.15) is 17.3 Å². The Kier molecular flexibility index (Phi) is 2.53. The van der Waals surface area contributed by atoms with E-state index in [4.69, 9.17) is 5.73 Å². The van der Waals surface area contributed by atoms with E-state index in [1.165, 1.54) is 0 Å². The Balaban J connectivity index is 2.18. The minimum absolute atomic E-state index is 0.252. The number of rotatable bonds is 2. The Morgan fingerprint density at radius 3 is 2.83 bits per heavy atom. The van der Waals surface area contributed by atoms with E-state index < -0.39 is 0 Å². The van der Waals surface area contributed by atoms with Gasteiger partial charge in [0.05, 0.1) is 23.4 Å². The van der Waals surface area contributed by atoms with Gasteiger partial charge in [-0.1, -0.05) is 23.4 Å². The van der Waals surface area contributed by atoms with Crippen molar-refractivity contribution in [3.63, 3.8) is 0 Å². The Morgan fingerprint density at radius 2 is 2.06 bits per heavy atom. The molecule has 0 aliphatic heterocycles. The lowest BCUT2D eigenvalue weighted by Gasteiger charge is -2.13. The average Bonchev–Trinajstić information content (AvgIpc) is 2.83. The molecule has 0 aliphatic rings. The summed E-state index contributed by atoms with van der Waals surface area (Å²) in [5, 5.41) is 8.84. The number of pyridine rings is 1. The maximum Gasteiger partial charge on any atom is 0.0796 e. The molecule has 1 unspecified atom stereocenters. The predicted octanol–water partition coefficient (Wildman–Crippen LogP) is 1.41. The van der Waals surface area contributed by atoms with Crippen LogP contribution in [0.2, 0.25) is 0 Å². The van der Waals surface area contributed by atoms with Crippen LogP contribution in [0.4, 0.5) is 0 Å². The number of nitrogens with zero attached hydrogens (tertiary/aromatic N) is 4. The van der Waals surface area contributed by atoms with Crippen LogP contribution >= 0.6 is 0 Å². The van der Waals surface area contributed by atoms with Gasteiger partial charge in [-0.25, -0.2) is 0 Å². The maximum atomic E-state index is 6.30. The summed E-state index contributed by atoms with van der Waals surface area (Å²) in [5.74, 6) is 0. The molecular formula is C13H13N5. The molecule has 0 aliphatic carbocycles. The summed E-state index contributed by atoms with van der Waals surface area (Å²) < 4.78 is 1.69. The summed E-state index contributed by atoms with van der Waals surface area (Å²) in [4.78, 5) is 4.33. The fourth-order valence-corrected chi connectivity index (χ4v) is 2.13. The Labute approximate surface area is 104 Å². The van der Waals surface area contributed by atoms with Crippen molar-refractivity contribution in [1.82, 2.24) is 20.0 Å². The molecule has 5 nitrogen and oxygen atoms in total. The monoisotopic (exact) mass is 239 g/mol. The molecule has 90 valence electrons. The second kappa shape index (κ2) is 4.19. The van der Waals surface area contributed by atoms with Crippen LogP contribution in [0.3, 0.4) is 0 Å². The number of aryl methyl sites for hydroxylation is 1. The van der Waals surface area contributed by atoms with Crippen molar-refractivity contribution in [2.24, 2.45) is 12.8 Å². The second-order valence-electron chi connectivity index (χ2n) is 4.18. The molecule has 1 aromatic carbocycles. The third-order valence-electron chi connectivity index (χ3n) is 3.09. The van der Waals surface area contributed by atoms with Crippen LogP contribution in [0, 0.1) is 0 Å². The van der Waals surface area contributed by atoms with Gasteiger partial charge in [0.1, 0.15) is 0 Å². The third kappa shape index (κ3) is 1.65. The molecule has 3 rings (SSSR count). The molecule has 0 saturated heterocycles. The molecular weight excluding hydrogens is 226 g/mol. The van der Waals surface area contributed by atoms with Gasteiger partial charge in [0.25, 0.3) is 0 Å². The molecule has 0 saturated carbocycles. The lowest BCUT2D eigenvalue weighted by atomic mass is 10.0. The number of para-hydroxylation sites is 1. The van der Waals surface area contributed by atoms with Crippen molar-refractivity contribution in [2.75, 3.05) is 0 Å². The van der Waals surface area contributed by atoms with Gasteiger partial charge in [-0.05, 0) is 17.7 Å². The van der Waals surface area contributed by atoms with E-state index in [0.29, 0.717) is 0 Å². The van der Waals surface area contributed by atoms with Crippen LogP contribution in [0.5, 0.6) is 0 Å². The van der Waals surface area contributed by atoms with Crippen molar-refractivity contribution >= 4 is 10.9 Å². The summed E-state index contributed by atoms with van der Waals surface area (Å²) >= 11 is 0. The van der Waals surface area contributed by atoms with Gasteiger partial charge in [0, 0.05) is 18.6 Å². The van der Waals surface area contributed by atoms with E-state index in [-0.39, 0.29) is 6.04 Å². The van der Waals surface area contributed by atoms with Crippen molar-refractivity contribution in [3.8, 4) is 0 Å². The molecule has 0 bridgehead atoms. The number of hydrogen-bond donors (Lipinski definition) is 1. The molecule has 2 heterocycles. The van der Waals surface area contributed by atoms with E-state index >= 15 is 0 Å². The summed E-state index contributed by atoms with van der Waals surface area (Å²) in [7, 11) is 1.84. The van der Waals surface area contributed by atoms with E-state index in [1.807, 2.05) is 37.4 Å². The first-order valence-corrected chi connectivity index (χ1v) is 5.71. The third-order valence-corrected chi connectivity index (χ3v) is 3.09. The van der Waals surface area contributed by atoms with E-state index in [0.717, 1.165) is 22.2 Å². The average molecular weight is 239 g/mol. The zero-order valence-electron chi connectivity index (χ0n) is 9.99. The standard InChI is InChI=1S/C13H13N5/c1-18-12(8-16-17-18)13(14)10-6-7-15-11-5-3-2-4-9(10)11/h2-8,13H,14H2,1H3. The second-order valence-corrected chi connectivity index (χ2v) is 4.18. The largest absolute Gasteiger partial charge is 0.319 e. The predicted molar refractivity (Wildman–Crippen MR) is 68.8 cm³/mol. The highest BCUT2D eigenvalue weighted by atomic mass is 15.4. The van der Waals surface area contributed by atoms with Gasteiger partial charge in [0.2, 0.25) is 0 Å². The van der Waals surface area contributed by atoms with Gasteiger partial charge in [-0.15, -0.1) is 5.10 Å². The van der Waals surface area contributed by atoms with Gasteiger partial charge in [-0.3, -0.25) is 9.67 Å². The number of hydrogen-bond acceptors (Lipinski definition) is 4. The molecule has 0 spiro atoms. The SMILES string of the molecule is Cn1nncc1C(N)c1ccnc2ccccc12. The number of nitrogens with two attached hydrogens (primary N) is 1. The fraction of sp³-hybridized carbons (Fsp3) is 0.154. The summed E-state index contributed by atoms with van der Waals surface area (Å²) in [5.41, 5.74) is 9.16. The molecule has 0 radical (unpaired) electrons. The zero-order valence-corrected chi connectivity index (χ0v) is 9.99. The smallest absolute Gasteiger partial charge is 0.0796 e. The zero-order chi connectivity index (χ0) is 12.5. The van der Waals surface area contributed by atoms with Gasteiger partial charge < -0.3 is 5.73 Å². The molecule has 1 atom stereocenters. The van der Waals surface area contributed by atoms with Crippen LogP contribution < -0.4 is 5.73 Å². The molecule has 0 amide bonds. The summed E-state index contributed by atoms with van der Waals surface area (Å²) in [6.07, 6.45) is 3.47. The lowest BCUT2D eigenvalue weighted by Crippen LogP contribution is -2.16. The molecule has 2 N–H and O–H groups in total. The van der Waals surface area contributed by atoms with E-state index in [2.05, 4.69) is 15.3 Å². The quantitative estimate of drug-likeness (QED) is 0.734. The van der Waals surface area contributed by atoms with Crippen molar-refractivity contribution in [1.29, 1.82) is 0 Å².